The normalized spacial score (nSPS) is 17.8. The molecule has 1 heterocycles. The predicted molar refractivity (Wildman–Crippen MR) is 102 cm³/mol. The van der Waals surface area contributed by atoms with E-state index in [2.05, 4.69) is 15.5 Å². The van der Waals surface area contributed by atoms with Gasteiger partial charge in [-0.3, -0.25) is 4.79 Å². The van der Waals surface area contributed by atoms with E-state index in [1.807, 2.05) is 25.9 Å². The van der Waals surface area contributed by atoms with E-state index in [4.69, 9.17) is 10.3 Å². The van der Waals surface area contributed by atoms with Crippen molar-refractivity contribution < 1.29 is 9.32 Å². The number of nitrogens with zero attached hydrogens (tertiary/aromatic N) is 3. The number of nitrogens with two attached hydrogens (primary N) is 1. The Labute approximate surface area is 162 Å². The fourth-order valence-corrected chi connectivity index (χ4v) is 2.99. The maximum absolute atomic E-state index is 12.4. The predicted octanol–water partition coefficient (Wildman–Crippen LogP) is 2.24. The summed E-state index contributed by atoms with van der Waals surface area (Å²) in [5.74, 6) is 0.931. The van der Waals surface area contributed by atoms with Gasteiger partial charge in [-0.15, -0.1) is 24.8 Å². The molecule has 1 aliphatic rings. The van der Waals surface area contributed by atoms with E-state index < -0.39 is 5.54 Å². The van der Waals surface area contributed by atoms with Crippen molar-refractivity contribution in [3.63, 3.8) is 0 Å². The Bertz CT molecular complexity index is 516. The third-order valence-electron chi connectivity index (χ3n) is 4.47. The van der Waals surface area contributed by atoms with E-state index in [0.29, 0.717) is 24.8 Å². The molecule has 25 heavy (non-hydrogen) atoms. The average molecular weight is 396 g/mol. The second-order valence-electron chi connectivity index (χ2n) is 6.87. The van der Waals surface area contributed by atoms with Crippen LogP contribution in [0.1, 0.15) is 57.2 Å². The maximum atomic E-state index is 12.4. The summed E-state index contributed by atoms with van der Waals surface area (Å²) in [5, 5.41) is 7.37. The molecule has 0 aliphatic heterocycles. The molecule has 1 saturated carbocycles. The largest absolute Gasteiger partial charge is 0.343 e. The van der Waals surface area contributed by atoms with Crippen LogP contribution < -0.4 is 11.1 Å². The summed E-state index contributed by atoms with van der Waals surface area (Å²) in [7, 11) is 3.91. The topological polar surface area (TPSA) is 97.3 Å². The number of carbonyl (C=O) groups excluding carboxylic acids is 1. The van der Waals surface area contributed by atoms with Crippen molar-refractivity contribution in [2.24, 2.45) is 11.7 Å². The number of rotatable bonds is 6. The Morgan fingerprint density at radius 2 is 1.88 bits per heavy atom. The van der Waals surface area contributed by atoms with Crippen molar-refractivity contribution in [3.8, 4) is 0 Å². The molecule has 7 nitrogen and oxygen atoms in total. The minimum atomic E-state index is -0.523. The summed E-state index contributed by atoms with van der Waals surface area (Å²) in [4.78, 5) is 19.0. The molecular formula is C16H31Cl2N5O2. The lowest BCUT2D eigenvalue weighted by Crippen LogP contribution is -2.49. The lowest BCUT2D eigenvalue weighted by atomic mass is 9.88. The van der Waals surface area contributed by atoms with Gasteiger partial charge in [0.15, 0.2) is 5.82 Å². The molecule has 0 bridgehead atoms. The van der Waals surface area contributed by atoms with Crippen LogP contribution in [-0.2, 0) is 16.9 Å². The van der Waals surface area contributed by atoms with Gasteiger partial charge in [0, 0.05) is 12.5 Å². The highest BCUT2D eigenvalue weighted by molar-refractivity contribution is 5.85. The van der Waals surface area contributed by atoms with E-state index in [0.717, 1.165) is 25.7 Å². The second-order valence-corrected chi connectivity index (χ2v) is 6.87. The first-order chi connectivity index (χ1) is 11.0. The van der Waals surface area contributed by atoms with Crippen LogP contribution in [0.4, 0.5) is 0 Å². The van der Waals surface area contributed by atoms with Gasteiger partial charge in [0.05, 0.1) is 6.54 Å². The molecular weight excluding hydrogens is 365 g/mol. The van der Waals surface area contributed by atoms with E-state index in [1.54, 1.807) is 0 Å². The van der Waals surface area contributed by atoms with Crippen LogP contribution in [0.3, 0.4) is 0 Å². The molecule has 0 radical (unpaired) electrons. The van der Waals surface area contributed by atoms with Gasteiger partial charge < -0.3 is 20.5 Å². The molecule has 1 unspecified atom stereocenters. The Hall–Kier alpha value is -0.890. The maximum Gasteiger partial charge on any atom is 0.240 e. The summed E-state index contributed by atoms with van der Waals surface area (Å²) in [5.41, 5.74) is 5.11. The van der Waals surface area contributed by atoms with Gasteiger partial charge in [0.1, 0.15) is 5.54 Å². The molecule has 2 rings (SSSR count). The minimum Gasteiger partial charge on any atom is -0.343 e. The molecule has 0 saturated heterocycles. The van der Waals surface area contributed by atoms with Gasteiger partial charge in [-0.05, 0) is 26.9 Å². The van der Waals surface area contributed by atoms with Gasteiger partial charge >= 0.3 is 0 Å². The summed E-state index contributed by atoms with van der Waals surface area (Å²) in [6.07, 6.45) is 6.14. The van der Waals surface area contributed by atoms with E-state index >= 15 is 0 Å². The van der Waals surface area contributed by atoms with Gasteiger partial charge in [-0.1, -0.05) is 37.8 Å². The number of halogens is 2. The van der Waals surface area contributed by atoms with Gasteiger partial charge in [0.2, 0.25) is 11.8 Å². The number of hydrogen-bond donors (Lipinski definition) is 2. The van der Waals surface area contributed by atoms with Crippen LogP contribution in [0.2, 0.25) is 0 Å². The zero-order valence-corrected chi connectivity index (χ0v) is 16.9. The number of carbonyl (C=O) groups is 1. The Morgan fingerprint density at radius 3 is 2.40 bits per heavy atom. The molecule has 9 heteroatoms. The van der Waals surface area contributed by atoms with Crippen LogP contribution in [0.25, 0.3) is 0 Å². The van der Waals surface area contributed by atoms with Crippen molar-refractivity contribution in [1.29, 1.82) is 0 Å². The molecule has 1 atom stereocenters. The molecule has 1 aromatic heterocycles. The fraction of sp³-hybridized carbons (Fsp3) is 0.812. The molecule has 1 aromatic rings. The van der Waals surface area contributed by atoms with Crippen molar-refractivity contribution in [2.45, 2.75) is 57.5 Å². The van der Waals surface area contributed by atoms with Crippen molar-refractivity contribution in [1.82, 2.24) is 20.4 Å². The summed E-state index contributed by atoms with van der Waals surface area (Å²) >= 11 is 0. The standard InChI is InChI=1S/C16H29N5O2.2ClH/c1-12(10-17)14(22)19-16(8-6-4-5-7-9-16)15-18-13(23-20-15)11-21(2)3;;/h12H,4-11,17H2,1-3H3,(H,19,22);2*1H. The Morgan fingerprint density at radius 1 is 1.28 bits per heavy atom. The van der Waals surface area contributed by atoms with Crippen LogP contribution >= 0.6 is 24.8 Å². The van der Waals surface area contributed by atoms with Crippen molar-refractivity contribution >= 4 is 30.7 Å². The van der Waals surface area contributed by atoms with Crippen molar-refractivity contribution in [2.75, 3.05) is 20.6 Å². The van der Waals surface area contributed by atoms with Gasteiger partial charge in [0.25, 0.3) is 0 Å². The van der Waals surface area contributed by atoms with E-state index in [1.165, 1.54) is 12.8 Å². The summed E-state index contributed by atoms with van der Waals surface area (Å²) in [6.45, 7) is 2.77. The Balaban J connectivity index is 0.00000288. The average Bonchev–Trinajstić information content (AvgIpc) is 2.84. The van der Waals surface area contributed by atoms with Crippen LogP contribution in [0, 0.1) is 5.92 Å². The summed E-state index contributed by atoms with van der Waals surface area (Å²) in [6, 6.07) is 0. The lowest BCUT2D eigenvalue weighted by molar-refractivity contribution is -0.126. The third kappa shape index (κ3) is 6.40. The van der Waals surface area contributed by atoms with E-state index in [9.17, 15) is 4.79 Å². The quantitative estimate of drug-likeness (QED) is 0.716. The summed E-state index contributed by atoms with van der Waals surface area (Å²) < 4.78 is 5.38. The fourth-order valence-electron chi connectivity index (χ4n) is 2.99. The van der Waals surface area contributed by atoms with Gasteiger partial charge in [-0.25, -0.2) is 0 Å². The molecule has 3 N–H and O–H groups in total. The SMILES string of the molecule is CC(CN)C(=O)NC1(c2noc(CN(C)C)n2)CCCCCC1.Cl.Cl. The molecule has 0 aromatic carbocycles. The van der Waals surface area contributed by atoms with Crippen LogP contribution in [0.5, 0.6) is 0 Å². The number of nitrogens with one attached hydrogen (secondary N) is 1. The molecule has 1 fully saturated rings. The molecule has 1 aliphatic carbocycles. The Kier molecular flexibility index (Phi) is 10.6. The first-order valence-corrected chi connectivity index (χ1v) is 8.47. The number of aromatic nitrogens is 2. The molecule has 0 spiro atoms. The smallest absolute Gasteiger partial charge is 0.240 e. The minimum absolute atomic E-state index is 0. The van der Waals surface area contributed by atoms with Crippen LogP contribution in [-0.4, -0.2) is 41.6 Å². The number of amides is 1. The zero-order chi connectivity index (χ0) is 16.9. The van der Waals surface area contributed by atoms with Crippen LogP contribution in [0.15, 0.2) is 4.52 Å². The lowest BCUT2D eigenvalue weighted by Gasteiger charge is -2.31. The molecule has 146 valence electrons. The first-order valence-electron chi connectivity index (χ1n) is 8.47. The highest BCUT2D eigenvalue weighted by Gasteiger charge is 2.39. The monoisotopic (exact) mass is 395 g/mol. The van der Waals surface area contributed by atoms with Crippen molar-refractivity contribution in [3.05, 3.63) is 11.7 Å². The first kappa shape index (κ1) is 24.1. The molecule has 1 amide bonds. The highest BCUT2D eigenvalue weighted by atomic mass is 35.5. The second kappa shape index (κ2) is 11.0. The third-order valence-corrected chi connectivity index (χ3v) is 4.47. The van der Waals surface area contributed by atoms with Gasteiger partial charge in [-0.2, -0.15) is 4.98 Å². The number of hydrogen-bond acceptors (Lipinski definition) is 6. The highest BCUT2D eigenvalue weighted by Crippen LogP contribution is 2.35. The zero-order valence-electron chi connectivity index (χ0n) is 15.3. The van der Waals surface area contributed by atoms with E-state index in [-0.39, 0.29) is 36.6 Å².